The van der Waals surface area contributed by atoms with Gasteiger partial charge < -0.3 is 4.90 Å². The van der Waals surface area contributed by atoms with Gasteiger partial charge in [-0.05, 0) is 13.3 Å². The van der Waals surface area contributed by atoms with Crippen molar-refractivity contribution in [1.29, 1.82) is 0 Å². The molecule has 0 unspecified atom stereocenters. The lowest BCUT2D eigenvalue weighted by Crippen LogP contribution is -2.49. The number of carbonyl (C=O) groups is 1. The second-order valence-corrected chi connectivity index (χ2v) is 8.91. The zero-order chi connectivity index (χ0) is 16.2. The smallest absolute Gasteiger partial charge is 0.223 e. The van der Waals surface area contributed by atoms with Crippen molar-refractivity contribution in [2.75, 3.05) is 44.7 Å². The van der Waals surface area contributed by atoms with Crippen LogP contribution in [0.15, 0.2) is 5.51 Å². The molecular formula is C14H23N3O3S2. The maximum atomic E-state index is 12.2. The Hall–Kier alpha value is -0.990. The molecule has 8 heteroatoms. The second-order valence-electron chi connectivity index (χ2n) is 5.71. The second kappa shape index (κ2) is 7.52. The van der Waals surface area contributed by atoms with Gasteiger partial charge in [0, 0.05) is 50.3 Å². The fourth-order valence-corrected chi connectivity index (χ4v) is 3.83. The van der Waals surface area contributed by atoms with Gasteiger partial charge in [-0.15, -0.1) is 11.3 Å². The Morgan fingerprint density at radius 2 is 2.00 bits per heavy atom. The van der Waals surface area contributed by atoms with Gasteiger partial charge in [-0.3, -0.25) is 9.69 Å². The molecule has 22 heavy (non-hydrogen) atoms. The zero-order valence-electron chi connectivity index (χ0n) is 13.1. The van der Waals surface area contributed by atoms with Crippen LogP contribution in [0.25, 0.3) is 0 Å². The fraction of sp³-hybridized carbons (Fsp3) is 0.714. The highest BCUT2D eigenvalue weighted by molar-refractivity contribution is 7.90. The van der Waals surface area contributed by atoms with Crippen molar-refractivity contribution in [2.24, 2.45) is 0 Å². The quantitative estimate of drug-likeness (QED) is 0.754. The number of aryl methyl sites for hydroxylation is 2. The molecule has 1 amide bonds. The lowest BCUT2D eigenvalue weighted by atomic mass is 10.2. The Morgan fingerprint density at radius 1 is 1.32 bits per heavy atom. The Kier molecular flexibility index (Phi) is 5.94. The molecule has 0 atom stereocenters. The van der Waals surface area contributed by atoms with Gasteiger partial charge in [-0.2, -0.15) is 0 Å². The van der Waals surface area contributed by atoms with E-state index in [0.717, 1.165) is 25.2 Å². The van der Waals surface area contributed by atoms with E-state index in [-0.39, 0.29) is 11.7 Å². The summed E-state index contributed by atoms with van der Waals surface area (Å²) in [4.78, 5) is 21.6. The molecule has 0 bridgehead atoms. The monoisotopic (exact) mass is 345 g/mol. The van der Waals surface area contributed by atoms with Crippen LogP contribution in [-0.2, 0) is 21.1 Å². The molecule has 0 spiro atoms. The summed E-state index contributed by atoms with van der Waals surface area (Å²) in [5.74, 6) is 0.363. The van der Waals surface area contributed by atoms with Gasteiger partial charge in [0.05, 0.1) is 17.0 Å². The molecular weight excluding hydrogens is 322 g/mol. The van der Waals surface area contributed by atoms with Crippen molar-refractivity contribution < 1.29 is 13.2 Å². The standard InChI is InChI=1S/C14H23N3O3S2/c1-12-13(21-11-15-12)3-4-14(18)17-7-5-16(6-8-17)9-10-22(2,19)20/h11H,3-10H2,1-2H3. The average molecular weight is 345 g/mol. The molecule has 124 valence electrons. The summed E-state index contributed by atoms with van der Waals surface area (Å²) in [5.41, 5.74) is 2.83. The van der Waals surface area contributed by atoms with Crippen LogP contribution in [0, 0.1) is 6.92 Å². The summed E-state index contributed by atoms with van der Waals surface area (Å²) in [5, 5.41) is 0. The molecule has 2 rings (SSSR count). The van der Waals surface area contributed by atoms with Crippen molar-refractivity contribution in [1.82, 2.24) is 14.8 Å². The van der Waals surface area contributed by atoms with E-state index in [0.29, 0.717) is 26.1 Å². The average Bonchev–Trinajstić information content (AvgIpc) is 2.88. The third-order valence-electron chi connectivity index (χ3n) is 3.91. The minimum absolute atomic E-state index is 0.176. The highest BCUT2D eigenvalue weighted by Crippen LogP contribution is 2.15. The Labute approximate surface area is 136 Å². The third-order valence-corrected chi connectivity index (χ3v) is 5.83. The summed E-state index contributed by atoms with van der Waals surface area (Å²) in [6, 6.07) is 0. The SMILES string of the molecule is Cc1ncsc1CCC(=O)N1CCN(CCS(C)(=O)=O)CC1. The van der Waals surface area contributed by atoms with Crippen LogP contribution < -0.4 is 0 Å². The normalized spacial score (nSPS) is 16.9. The Bertz CT molecular complexity index is 605. The highest BCUT2D eigenvalue weighted by atomic mass is 32.2. The number of aromatic nitrogens is 1. The van der Waals surface area contributed by atoms with Crippen LogP contribution in [0.2, 0.25) is 0 Å². The lowest BCUT2D eigenvalue weighted by molar-refractivity contribution is -0.132. The van der Waals surface area contributed by atoms with E-state index in [1.165, 1.54) is 11.1 Å². The van der Waals surface area contributed by atoms with Gasteiger partial charge >= 0.3 is 0 Å². The first-order valence-electron chi connectivity index (χ1n) is 7.42. The number of carbonyl (C=O) groups excluding carboxylic acids is 1. The number of hydrogen-bond acceptors (Lipinski definition) is 6. The third kappa shape index (κ3) is 5.33. The van der Waals surface area contributed by atoms with E-state index < -0.39 is 9.84 Å². The molecule has 6 nitrogen and oxygen atoms in total. The van der Waals surface area contributed by atoms with Gasteiger partial charge in [0.1, 0.15) is 9.84 Å². The summed E-state index contributed by atoms with van der Waals surface area (Å²) in [6.07, 6.45) is 2.53. The highest BCUT2D eigenvalue weighted by Gasteiger charge is 2.21. The van der Waals surface area contributed by atoms with E-state index in [1.54, 1.807) is 11.3 Å². The molecule has 1 aliphatic rings. The van der Waals surface area contributed by atoms with Crippen molar-refractivity contribution in [3.05, 3.63) is 16.1 Å². The van der Waals surface area contributed by atoms with Crippen molar-refractivity contribution in [3.63, 3.8) is 0 Å². The maximum Gasteiger partial charge on any atom is 0.223 e. The van der Waals surface area contributed by atoms with Gasteiger partial charge in [-0.1, -0.05) is 0 Å². The van der Waals surface area contributed by atoms with Crippen LogP contribution >= 0.6 is 11.3 Å². The summed E-state index contributed by atoms with van der Waals surface area (Å²) in [7, 11) is -2.92. The zero-order valence-corrected chi connectivity index (χ0v) is 14.8. The number of hydrogen-bond donors (Lipinski definition) is 0. The van der Waals surface area contributed by atoms with Crippen molar-refractivity contribution in [2.45, 2.75) is 19.8 Å². The van der Waals surface area contributed by atoms with Crippen LogP contribution in [-0.4, -0.2) is 73.8 Å². The van der Waals surface area contributed by atoms with E-state index >= 15 is 0 Å². The summed E-state index contributed by atoms with van der Waals surface area (Å²) >= 11 is 1.60. The van der Waals surface area contributed by atoms with Crippen LogP contribution in [0.4, 0.5) is 0 Å². The predicted octanol–water partition coefficient (Wildman–Crippen LogP) is 0.573. The topological polar surface area (TPSA) is 70.6 Å². The Morgan fingerprint density at radius 3 is 2.55 bits per heavy atom. The predicted molar refractivity (Wildman–Crippen MR) is 87.9 cm³/mol. The number of sulfone groups is 1. The van der Waals surface area contributed by atoms with Gasteiger partial charge in [0.15, 0.2) is 0 Å². The van der Waals surface area contributed by atoms with Gasteiger partial charge in [-0.25, -0.2) is 13.4 Å². The first kappa shape index (κ1) is 17.4. The van der Waals surface area contributed by atoms with Crippen molar-refractivity contribution in [3.8, 4) is 0 Å². The molecule has 0 N–H and O–H groups in total. The molecule has 0 aliphatic carbocycles. The van der Waals surface area contributed by atoms with Gasteiger partial charge in [0.25, 0.3) is 0 Å². The number of rotatable bonds is 6. The van der Waals surface area contributed by atoms with Crippen LogP contribution in [0.3, 0.4) is 0 Å². The molecule has 0 saturated carbocycles. The number of nitrogens with zero attached hydrogens (tertiary/aromatic N) is 3. The van der Waals surface area contributed by atoms with E-state index in [4.69, 9.17) is 0 Å². The van der Waals surface area contributed by atoms with Crippen LogP contribution in [0.1, 0.15) is 17.0 Å². The fourth-order valence-electron chi connectivity index (χ4n) is 2.46. The van der Waals surface area contributed by atoms with Crippen LogP contribution in [0.5, 0.6) is 0 Å². The Balaban J connectivity index is 1.72. The molecule has 2 heterocycles. The molecule has 1 aromatic rings. The largest absolute Gasteiger partial charge is 0.340 e. The van der Waals surface area contributed by atoms with Crippen molar-refractivity contribution >= 4 is 27.1 Å². The first-order chi connectivity index (χ1) is 10.3. The number of piperazine rings is 1. The minimum Gasteiger partial charge on any atom is -0.340 e. The van der Waals surface area contributed by atoms with E-state index in [2.05, 4.69) is 9.88 Å². The molecule has 1 fully saturated rings. The molecule has 1 aliphatic heterocycles. The van der Waals surface area contributed by atoms with Gasteiger partial charge in [0.2, 0.25) is 5.91 Å². The molecule has 1 saturated heterocycles. The summed E-state index contributed by atoms with van der Waals surface area (Å²) < 4.78 is 22.4. The number of thiazole rings is 1. The van der Waals surface area contributed by atoms with E-state index in [1.807, 2.05) is 17.3 Å². The first-order valence-corrected chi connectivity index (χ1v) is 10.4. The van der Waals surface area contributed by atoms with E-state index in [9.17, 15) is 13.2 Å². The molecule has 0 radical (unpaired) electrons. The number of amides is 1. The lowest BCUT2D eigenvalue weighted by Gasteiger charge is -2.34. The minimum atomic E-state index is -2.92. The molecule has 0 aromatic carbocycles. The maximum absolute atomic E-state index is 12.2. The summed E-state index contributed by atoms with van der Waals surface area (Å²) in [6.45, 7) is 5.40. The molecule has 1 aromatic heterocycles.